The fraction of sp³-hybridized carbons (Fsp3) is 0.407. The highest BCUT2D eigenvalue weighted by Gasteiger charge is 2.45. The Kier molecular flexibility index (Phi) is 7.45. The number of benzene rings is 2. The Hall–Kier alpha value is -3.12. The van der Waals surface area contributed by atoms with Gasteiger partial charge in [-0.25, -0.2) is 4.79 Å². The lowest BCUT2D eigenvalue weighted by Crippen LogP contribution is -2.51. The van der Waals surface area contributed by atoms with Gasteiger partial charge in [-0.05, 0) is 37.0 Å². The van der Waals surface area contributed by atoms with Gasteiger partial charge >= 0.3 is 5.97 Å². The van der Waals surface area contributed by atoms with Crippen LogP contribution in [0.1, 0.15) is 60.9 Å². The van der Waals surface area contributed by atoms with Crippen LogP contribution < -0.4 is 0 Å². The zero-order valence-corrected chi connectivity index (χ0v) is 19.0. The van der Waals surface area contributed by atoms with Crippen molar-refractivity contribution >= 4 is 11.7 Å². The third-order valence-corrected chi connectivity index (χ3v) is 6.56. The van der Waals surface area contributed by atoms with Crippen molar-refractivity contribution in [3.63, 3.8) is 0 Å². The number of carbonyl (C=O) groups is 1. The molecule has 2 aromatic rings. The summed E-state index contributed by atoms with van der Waals surface area (Å²) in [5.41, 5.74) is 1.95. The quantitative estimate of drug-likeness (QED) is 0.322. The van der Waals surface area contributed by atoms with Crippen molar-refractivity contribution in [3.8, 4) is 0 Å². The molecular formula is C27H31NO5. The smallest absolute Gasteiger partial charge is 0.338 e. The minimum Gasteiger partial charge on any atom is -0.447 e. The highest BCUT2D eigenvalue weighted by atomic mass is 16.9. The van der Waals surface area contributed by atoms with E-state index in [4.69, 9.17) is 14.3 Å². The lowest BCUT2D eigenvalue weighted by molar-refractivity contribution is -0.777. The third kappa shape index (κ3) is 5.28. The van der Waals surface area contributed by atoms with Crippen molar-refractivity contribution in [1.82, 2.24) is 0 Å². The van der Waals surface area contributed by atoms with E-state index in [0.29, 0.717) is 16.9 Å². The fourth-order valence-electron chi connectivity index (χ4n) is 4.81. The van der Waals surface area contributed by atoms with Crippen LogP contribution in [0.3, 0.4) is 0 Å². The molecule has 174 valence electrons. The largest absolute Gasteiger partial charge is 0.447 e. The van der Waals surface area contributed by atoms with Crippen LogP contribution in [0, 0.1) is 11.1 Å². The van der Waals surface area contributed by atoms with Crippen molar-refractivity contribution in [2.75, 3.05) is 0 Å². The van der Waals surface area contributed by atoms with Gasteiger partial charge in [0.15, 0.2) is 12.4 Å². The lowest BCUT2D eigenvalue weighted by Gasteiger charge is -2.41. The minimum absolute atomic E-state index is 0.0873. The van der Waals surface area contributed by atoms with Gasteiger partial charge in [-0.2, -0.15) is 0 Å². The van der Waals surface area contributed by atoms with Crippen LogP contribution in [-0.2, 0) is 14.3 Å². The molecule has 0 bridgehead atoms. The second-order valence-electron chi connectivity index (χ2n) is 8.73. The topological polar surface area (TPSA) is 70.8 Å². The molecule has 0 N–H and O–H groups in total. The van der Waals surface area contributed by atoms with Gasteiger partial charge in [0.05, 0.1) is 17.6 Å². The zero-order chi connectivity index (χ0) is 23.2. The molecule has 0 spiro atoms. The normalized spacial score (nSPS) is 27.5. The summed E-state index contributed by atoms with van der Waals surface area (Å²) in [5, 5.41) is 12.6. The number of ether oxygens (including phenoxy) is 2. The second-order valence-corrected chi connectivity index (χ2v) is 8.73. The van der Waals surface area contributed by atoms with Crippen molar-refractivity contribution in [2.45, 2.75) is 63.4 Å². The summed E-state index contributed by atoms with van der Waals surface area (Å²) >= 11 is 0. The monoisotopic (exact) mass is 449 g/mol. The lowest BCUT2D eigenvalue weighted by atomic mass is 9.81. The Morgan fingerprint density at radius 3 is 2.48 bits per heavy atom. The Morgan fingerprint density at radius 2 is 1.79 bits per heavy atom. The summed E-state index contributed by atoms with van der Waals surface area (Å²) < 4.78 is 12.3. The Balaban J connectivity index is 1.57. The number of allylic oxidation sites excluding steroid dienone is 1. The van der Waals surface area contributed by atoms with Gasteiger partial charge < -0.3 is 14.3 Å². The summed E-state index contributed by atoms with van der Waals surface area (Å²) in [6, 6.07) is 19.1. The molecule has 0 unspecified atom stereocenters. The molecule has 4 rings (SSSR count). The number of hydrogen-bond acceptors (Lipinski definition) is 5. The van der Waals surface area contributed by atoms with Crippen LogP contribution in [0.2, 0.25) is 0 Å². The van der Waals surface area contributed by atoms with E-state index in [0.717, 1.165) is 25.7 Å². The molecule has 1 fully saturated rings. The molecule has 0 saturated heterocycles. The SMILES string of the molecule is C=CC[C@H]1[C@@H](O[C@@H]2CCCC[C@H]2c2ccccc2)O[N+]([O-])=C(C)[C@@H]1OC(=O)c1ccccc1. The summed E-state index contributed by atoms with van der Waals surface area (Å²) in [5.74, 6) is -0.632. The molecule has 2 aliphatic rings. The van der Waals surface area contributed by atoms with E-state index in [1.165, 1.54) is 5.56 Å². The first-order valence-corrected chi connectivity index (χ1v) is 11.6. The molecule has 6 nitrogen and oxygen atoms in total. The molecule has 1 aliphatic heterocycles. The Morgan fingerprint density at radius 1 is 1.12 bits per heavy atom. The maximum Gasteiger partial charge on any atom is 0.338 e. The first kappa shape index (κ1) is 23.1. The van der Waals surface area contributed by atoms with Crippen molar-refractivity contribution < 1.29 is 24.0 Å². The standard InChI is InChI=1S/C27H31NO5/c1-3-12-23-25(32-26(29)21-15-8-5-9-16-21)19(2)28(30)33-27(23)31-24-18-11-10-17-22(24)20-13-6-4-7-14-20/h3-9,13-16,22-25,27H,1,10-12,17-18H2,2H3/t22-,23+,24+,25-,27-/m0/s1. The zero-order valence-electron chi connectivity index (χ0n) is 19.0. The van der Waals surface area contributed by atoms with Gasteiger partial charge in [0.2, 0.25) is 0 Å². The molecule has 1 saturated carbocycles. The van der Waals surface area contributed by atoms with Crippen LogP contribution in [0.15, 0.2) is 73.3 Å². The van der Waals surface area contributed by atoms with Crippen molar-refractivity contribution in [1.29, 1.82) is 0 Å². The molecule has 0 aromatic heterocycles. The highest BCUT2D eigenvalue weighted by Crippen LogP contribution is 2.38. The fourth-order valence-corrected chi connectivity index (χ4v) is 4.81. The van der Waals surface area contributed by atoms with Crippen LogP contribution in [-0.4, -0.2) is 35.1 Å². The van der Waals surface area contributed by atoms with Gasteiger partial charge in [0.25, 0.3) is 5.71 Å². The van der Waals surface area contributed by atoms with E-state index in [2.05, 4.69) is 18.7 Å². The maximum absolute atomic E-state index is 12.8. The first-order chi connectivity index (χ1) is 16.1. The van der Waals surface area contributed by atoms with Gasteiger partial charge in [0.1, 0.15) is 0 Å². The first-order valence-electron chi connectivity index (χ1n) is 11.6. The number of rotatable bonds is 7. The number of carbonyl (C=O) groups excluding carboxylic acids is 1. The van der Waals surface area contributed by atoms with E-state index < -0.39 is 18.4 Å². The van der Waals surface area contributed by atoms with Crippen LogP contribution in [0.5, 0.6) is 0 Å². The molecule has 6 heteroatoms. The van der Waals surface area contributed by atoms with Crippen LogP contribution >= 0.6 is 0 Å². The summed E-state index contributed by atoms with van der Waals surface area (Å²) in [4.78, 5) is 18.9. The highest BCUT2D eigenvalue weighted by molar-refractivity contribution is 5.92. The molecule has 33 heavy (non-hydrogen) atoms. The predicted octanol–water partition coefficient (Wildman–Crippen LogP) is 5.39. The molecule has 0 amide bonds. The Labute approximate surface area is 195 Å². The summed E-state index contributed by atoms with van der Waals surface area (Å²) in [6.45, 7) is 5.48. The van der Waals surface area contributed by atoms with E-state index in [-0.39, 0.29) is 23.7 Å². The summed E-state index contributed by atoms with van der Waals surface area (Å²) in [7, 11) is 0. The van der Waals surface area contributed by atoms with Crippen molar-refractivity contribution in [2.24, 2.45) is 5.92 Å². The van der Waals surface area contributed by atoms with Crippen LogP contribution in [0.4, 0.5) is 0 Å². The van der Waals surface area contributed by atoms with Gasteiger partial charge in [-0.3, -0.25) is 5.21 Å². The second kappa shape index (κ2) is 10.7. The number of esters is 1. The molecule has 5 atom stereocenters. The predicted molar refractivity (Wildman–Crippen MR) is 126 cm³/mol. The van der Waals surface area contributed by atoms with E-state index in [9.17, 15) is 10.0 Å². The number of nitrogens with zero attached hydrogens (tertiary/aromatic N) is 1. The summed E-state index contributed by atoms with van der Waals surface area (Å²) in [6.07, 6.45) is 4.63. The third-order valence-electron chi connectivity index (χ3n) is 6.56. The van der Waals surface area contributed by atoms with Gasteiger partial charge in [-0.1, -0.05) is 67.4 Å². The molecular weight excluding hydrogens is 418 g/mol. The van der Waals surface area contributed by atoms with Gasteiger partial charge in [0, 0.05) is 17.7 Å². The average Bonchev–Trinajstić information content (AvgIpc) is 2.86. The van der Waals surface area contributed by atoms with Gasteiger partial charge in [-0.15, -0.1) is 6.58 Å². The van der Waals surface area contributed by atoms with E-state index in [1.807, 2.05) is 24.3 Å². The Bertz CT molecular complexity index is 975. The average molecular weight is 450 g/mol. The molecule has 0 radical (unpaired) electrons. The minimum atomic E-state index is -0.841. The van der Waals surface area contributed by atoms with E-state index in [1.54, 1.807) is 37.3 Å². The number of hydrogen-bond donors (Lipinski definition) is 0. The maximum atomic E-state index is 12.8. The van der Waals surface area contributed by atoms with E-state index >= 15 is 0 Å². The van der Waals surface area contributed by atoms with Crippen LogP contribution in [0.25, 0.3) is 0 Å². The molecule has 2 aromatic carbocycles. The van der Waals surface area contributed by atoms with Crippen molar-refractivity contribution in [3.05, 3.63) is 89.7 Å². The molecule has 1 aliphatic carbocycles. The molecule has 1 heterocycles.